The highest BCUT2D eigenvalue weighted by Gasteiger charge is 2.22. The standard InChI is InChI=1S/C26H26N4O3/c1-5-28(21-13-9-10-17(2)14-21)22(31)16-29-25(32)23-18(3)15-19(4)27-24(23)30(26(29)33)20-11-7-6-8-12-20/h6-15H,5,16H2,1-4H3. The van der Waals surface area contributed by atoms with Gasteiger partial charge in [0, 0.05) is 17.9 Å². The van der Waals surface area contributed by atoms with Crippen LogP contribution in [0, 0.1) is 20.8 Å². The Kier molecular flexibility index (Phi) is 5.96. The highest BCUT2D eigenvalue weighted by atomic mass is 16.2. The van der Waals surface area contributed by atoms with Crippen LogP contribution in [0.5, 0.6) is 0 Å². The number of nitrogens with zero attached hydrogens (tertiary/aromatic N) is 4. The average Bonchev–Trinajstić information content (AvgIpc) is 2.77. The van der Waals surface area contributed by atoms with Crippen molar-refractivity contribution in [3.8, 4) is 5.69 Å². The molecule has 1 amide bonds. The summed E-state index contributed by atoms with van der Waals surface area (Å²) in [5.74, 6) is -0.334. The lowest BCUT2D eigenvalue weighted by atomic mass is 10.1. The number of hydrogen-bond donors (Lipinski definition) is 0. The van der Waals surface area contributed by atoms with Crippen LogP contribution in [-0.4, -0.2) is 26.6 Å². The summed E-state index contributed by atoms with van der Waals surface area (Å²) in [5.41, 5.74) is 2.93. The third kappa shape index (κ3) is 4.09. The zero-order chi connectivity index (χ0) is 23.7. The van der Waals surface area contributed by atoms with Gasteiger partial charge >= 0.3 is 5.69 Å². The van der Waals surface area contributed by atoms with E-state index in [2.05, 4.69) is 4.98 Å². The monoisotopic (exact) mass is 442 g/mol. The van der Waals surface area contributed by atoms with Gasteiger partial charge in [0.25, 0.3) is 5.56 Å². The first kappa shape index (κ1) is 22.2. The molecule has 2 heterocycles. The van der Waals surface area contributed by atoms with Gasteiger partial charge in [-0.05, 0) is 69.2 Å². The van der Waals surface area contributed by atoms with Gasteiger partial charge in [-0.2, -0.15) is 0 Å². The maximum atomic E-state index is 13.6. The summed E-state index contributed by atoms with van der Waals surface area (Å²) in [6.07, 6.45) is 0. The van der Waals surface area contributed by atoms with E-state index in [1.54, 1.807) is 23.1 Å². The highest BCUT2D eigenvalue weighted by Crippen LogP contribution is 2.18. The predicted molar refractivity (Wildman–Crippen MR) is 130 cm³/mol. The van der Waals surface area contributed by atoms with E-state index in [4.69, 9.17) is 0 Å². The minimum atomic E-state index is -0.593. The first-order valence-electron chi connectivity index (χ1n) is 10.9. The van der Waals surface area contributed by atoms with Crippen LogP contribution in [0.25, 0.3) is 16.7 Å². The molecular weight excluding hydrogens is 416 g/mol. The largest absolute Gasteiger partial charge is 0.337 e. The number of amides is 1. The fourth-order valence-electron chi connectivity index (χ4n) is 4.14. The van der Waals surface area contributed by atoms with Crippen LogP contribution in [0.4, 0.5) is 5.69 Å². The van der Waals surface area contributed by atoms with Crippen molar-refractivity contribution in [2.75, 3.05) is 11.4 Å². The number of benzene rings is 2. The fraction of sp³-hybridized carbons (Fsp3) is 0.231. The van der Waals surface area contributed by atoms with Crippen LogP contribution in [0.3, 0.4) is 0 Å². The van der Waals surface area contributed by atoms with E-state index >= 15 is 0 Å². The summed E-state index contributed by atoms with van der Waals surface area (Å²) in [4.78, 5) is 46.4. The quantitative estimate of drug-likeness (QED) is 0.474. The van der Waals surface area contributed by atoms with Gasteiger partial charge in [0.15, 0.2) is 5.65 Å². The van der Waals surface area contributed by atoms with Crippen LogP contribution < -0.4 is 16.1 Å². The van der Waals surface area contributed by atoms with Gasteiger partial charge in [-0.3, -0.25) is 9.59 Å². The number of carbonyl (C=O) groups is 1. The van der Waals surface area contributed by atoms with E-state index in [9.17, 15) is 14.4 Å². The molecule has 0 aliphatic heterocycles. The SMILES string of the molecule is CCN(C(=O)Cn1c(=O)c2c(C)cc(C)nc2n(-c2ccccc2)c1=O)c1cccc(C)c1. The molecule has 0 saturated heterocycles. The Morgan fingerprint density at radius 3 is 2.36 bits per heavy atom. The Hall–Kier alpha value is -4.00. The molecule has 0 bridgehead atoms. The molecule has 7 nitrogen and oxygen atoms in total. The van der Waals surface area contributed by atoms with Gasteiger partial charge in [0.1, 0.15) is 6.54 Å². The summed E-state index contributed by atoms with van der Waals surface area (Å²) < 4.78 is 2.42. The smallest absolute Gasteiger partial charge is 0.311 e. The Bertz CT molecular complexity index is 1470. The molecule has 0 saturated carbocycles. The summed E-state index contributed by atoms with van der Waals surface area (Å²) in [5, 5.41) is 0.329. The number of carbonyl (C=O) groups excluding carboxylic acids is 1. The van der Waals surface area contributed by atoms with E-state index < -0.39 is 11.2 Å². The number of aryl methyl sites for hydroxylation is 3. The van der Waals surface area contributed by atoms with Crippen molar-refractivity contribution in [1.82, 2.24) is 14.1 Å². The maximum absolute atomic E-state index is 13.6. The summed E-state index contributed by atoms with van der Waals surface area (Å²) in [6, 6.07) is 18.4. The van der Waals surface area contributed by atoms with E-state index in [0.717, 1.165) is 15.8 Å². The van der Waals surface area contributed by atoms with Gasteiger partial charge in [0.2, 0.25) is 5.91 Å². The van der Waals surface area contributed by atoms with Crippen LogP contribution in [0.1, 0.15) is 23.7 Å². The second-order valence-electron chi connectivity index (χ2n) is 8.10. The number of hydrogen-bond acceptors (Lipinski definition) is 4. The number of para-hydroxylation sites is 1. The van der Waals surface area contributed by atoms with E-state index in [1.165, 1.54) is 4.57 Å². The molecule has 0 radical (unpaired) electrons. The molecule has 0 aliphatic rings. The Labute approximate surface area is 191 Å². The number of anilines is 1. The first-order valence-corrected chi connectivity index (χ1v) is 10.9. The second-order valence-corrected chi connectivity index (χ2v) is 8.10. The highest BCUT2D eigenvalue weighted by molar-refractivity contribution is 5.93. The van der Waals surface area contributed by atoms with Crippen LogP contribution >= 0.6 is 0 Å². The molecule has 0 atom stereocenters. The zero-order valence-corrected chi connectivity index (χ0v) is 19.2. The molecule has 0 aliphatic carbocycles. The van der Waals surface area contributed by atoms with E-state index in [1.807, 2.05) is 70.2 Å². The summed E-state index contributed by atoms with van der Waals surface area (Å²) in [7, 11) is 0. The molecule has 4 rings (SSSR count). The van der Waals surface area contributed by atoms with Gasteiger partial charge in [-0.15, -0.1) is 0 Å². The lowest BCUT2D eigenvalue weighted by molar-refractivity contribution is -0.119. The number of fused-ring (bicyclic) bond motifs is 1. The number of rotatable bonds is 5. The second kappa shape index (κ2) is 8.86. The maximum Gasteiger partial charge on any atom is 0.337 e. The molecule has 33 heavy (non-hydrogen) atoms. The van der Waals surface area contributed by atoms with E-state index in [-0.39, 0.29) is 12.5 Å². The van der Waals surface area contributed by atoms with E-state index in [0.29, 0.717) is 34.5 Å². The molecule has 0 fully saturated rings. The Morgan fingerprint density at radius 2 is 1.70 bits per heavy atom. The lowest BCUT2D eigenvalue weighted by Gasteiger charge is -2.22. The number of likely N-dealkylation sites (N-methyl/N-ethyl adjacent to an activating group) is 1. The Morgan fingerprint density at radius 1 is 0.970 bits per heavy atom. The van der Waals surface area contributed by atoms with Crippen LogP contribution in [-0.2, 0) is 11.3 Å². The summed E-state index contributed by atoms with van der Waals surface area (Å²) in [6.45, 7) is 7.50. The topological polar surface area (TPSA) is 77.2 Å². The number of aromatic nitrogens is 3. The molecule has 2 aromatic carbocycles. The zero-order valence-electron chi connectivity index (χ0n) is 19.2. The van der Waals surface area contributed by atoms with Crippen molar-refractivity contribution in [3.63, 3.8) is 0 Å². The first-order chi connectivity index (χ1) is 15.8. The van der Waals surface area contributed by atoms with Crippen molar-refractivity contribution in [2.45, 2.75) is 34.2 Å². The normalized spacial score (nSPS) is 11.0. The fourth-order valence-corrected chi connectivity index (χ4v) is 4.14. The van der Waals surface area contributed by atoms with Crippen molar-refractivity contribution in [2.24, 2.45) is 0 Å². The lowest BCUT2D eigenvalue weighted by Crippen LogP contribution is -2.45. The van der Waals surface area contributed by atoms with Gasteiger partial charge in [0.05, 0.1) is 11.1 Å². The Balaban J connectivity index is 1.92. The van der Waals surface area contributed by atoms with Crippen LogP contribution in [0.15, 0.2) is 70.3 Å². The molecule has 0 spiro atoms. The van der Waals surface area contributed by atoms with Crippen molar-refractivity contribution >= 4 is 22.6 Å². The predicted octanol–water partition coefficient (Wildman–Crippen LogP) is 3.53. The molecule has 2 aromatic heterocycles. The molecular formula is C26H26N4O3. The van der Waals surface area contributed by atoms with Crippen LogP contribution in [0.2, 0.25) is 0 Å². The molecule has 4 aromatic rings. The van der Waals surface area contributed by atoms with Gasteiger partial charge in [-0.25, -0.2) is 18.9 Å². The third-order valence-electron chi connectivity index (χ3n) is 5.66. The van der Waals surface area contributed by atoms with Gasteiger partial charge in [-0.1, -0.05) is 30.3 Å². The minimum absolute atomic E-state index is 0.295. The van der Waals surface area contributed by atoms with Crippen molar-refractivity contribution in [3.05, 3.63) is 98.3 Å². The number of pyridine rings is 1. The molecule has 0 N–H and O–H groups in total. The molecule has 7 heteroatoms. The van der Waals surface area contributed by atoms with Crippen molar-refractivity contribution in [1.29, 1.82) is 0 Å². The van der Waals surface area contributed by atoms with Crippen molar-refractivity contribution < 1.29 is 4.79 Å². The molecule has 0 unspecified atom stereocenters. The average molecular weight is 443 g/mol. The summed E-state index contributed by atoms with van der Waals surface area (Å²) >= 11 is 0. The minimum Gasteiger partial charge on any atom is -0.311 e. The molecule has 168 valence electrons. The third-order valence-corrected chi connectivity index (χ3v) is 5.66. The van der Waals surface area contributed by atoms with Gasteiger partial charge < -0.3 is 4.90 Å².